The Kier molecular flexibility index (Phi) is 3.90. The van der Waals surface area contributed by atoms with Crippen molar-refractivity contribution in [3.05, 3.63) is 0 Å². The van der Waals surface area contributed by atoms with Crippen molar-refractivity contribution >= 4 is 11.9 Å². The smallest absolute Gasteiger partial charge is 0.305 e. The second kappa shape index (κ2) is 5.26. The number of carboxylic acid groups (broad SMARTS) is 1. The normalized spacial score (nSPS) is 28.9. The summed E-state index contributed by atoms with van der Waals surface area (Å²) in [5.41, 5.74) is -0.512. The Hall–Kier alpha value is -1.10. The van der Waals surface area contributed by atoms with Gasteiger partial charge in [-0.05, 0) is 26.2 Å². The Morgan fingerprint density at radius 2 is 2.06 bits per heavy atom. The quantitative estimate of drug-likeness (QED) is 0.750. The van der Waals surface area contributed by atoms with Crippen LogP contribution in [0.1, 0.15) is 45.4 Å². The molecule has 2 fully saturated rings. The number of carbonyl (C=O) groups excluding carboxylic acids is 1. The molecule has 2 aliphatic carbocycles. The van der Waals surface area contributed by atoms with E-state index in [4.69, 9.17) is 9.84 Å². The second-order valence-electron chi connectivity index (χ2n) is 5.38. The zero-order chi connectivity index (χ0) is 13.2. The van der Waals surface area contributed by atoms with Crippen LogP contribution < -0.4 is 5.32 Å². The van der Waals surface area contributed by atoms with Gasteiger partial charge in [0.05, 0.1) is 24.0 Å². The SMILES string of the molecule is CCOC1CC1C(=O)NC1(CC(=O)O)CCCC1. The minimum atomic E-state index is -0.839. The molecule has 5 nitrogen and oxygen atoms in total. The van der Waals surface area contributed by atoms with Crippen molar-refractivity contribution in [2.24, 2.45) is 5.92 Å². The first-order chi connectivity index (χ1) is 8.56. The van der Waals surface area contributed by atoms with Gasteiger partial charge in [0.2, 0.25) is 5.91 Å². The van der Waals surface area contributed by atoms with Crippen LogP contribution in [0.2, 0.25) is 0 Å². The van der Waals surface area contributed by atoms with Gasteiger partial charge < -0.3 is 15.2 Å². The van der Waals surface area contributed by atoms with Crippen LogP contribution in [0.5, 0.6) is 0 Å². The number of carboxylic acids is 1. The Morgan fingerprint density at radius 1 is 1.39 bits per heavy atom. The first-order valence-electron chi connectivity index (χ1n) is 6.72. The van der Waals surface area contributed by atoms with E-state index in [2.05, 4.69) is 5.32 Å². The van der Waals surface area contributed by atoms with E-state index in [0.29, 0.717) is 6.61 Å². The van der Waals surface area contributed by atoms with Gasteiger partial charge in [-0.25, -0.2) is 0 Å². The molecule has 2 atom stereocenters. The molecule has 0 spiro atoms. The van der Waals surface area contributed by atoms with Gasteiger partial charge in [-0.1, -0.05) is 12.8 Å². The minimum absolute atomic E-state index is 0.0309. The average molecular weight is 255 g/mol. The van der Waals surface area contributed by atoms with E-state index < -0.39 is 11.5 Å². The third-order valence-corrected chi connectivity index (χ3v) is 3.89. The maximum atomic E-state index is 12.0. The van der Waals surface area contributed by atoms with E-state index in [1.165, 1.54) is 0 Å². The van der Waals surface area contributed by atoms with E-state index in [9.17, 15) is 9.59 Å². The van der Waals surface area contributed by atoms with Crippen LogP contribution >= 0.6 is 0 Å². The lowest BCUT2D eigenvalue weighted by Crippen LogP contribution is -2.48. The Balaban J connectivity index is 1.89. The molecular weight excluding hydrogens is 234 g/mol. The summed E-state index contributed by atoms with van der Waals surface area (Å²) in [6.07, 6.45) is 4.38. The fraction of sp³-hybridized carbons (Fsp3) is 0.846. The summed E-state index contributed by atoms with van der Waals surface area (Å²) in [4.78, 5) is 23.0. The molecule has 18 heavy (non-hydrogen) atoms. The molecule has 102 valence electrons. The Labute approximate surface area is 107 Å². The van der Waals surface area contributed by atoms with Gasteiger partial charge in [-0.15, -0.1) is 0 Å². The zero-order valence-electron chi connectivity index (χ0n) is 10.8. The van der Waals surface area contributed by atoms with Crippen molar-refractivity contribution in [1.29, 1.82) is 0 Å². The summed E-state index contributed by atoms with van der Waals surface area (Å²) in [5, 5.41) is 11.9. The van der Waals surface area contributed by atoms with Gasteiger partial charge in [0, 0.05) is 6.61 Å². The van der Waals surface area contributed by atoms with Gasteiger partial charge >= 0.3 is 5.97 Å². The number of nitrogens with one attached hydrogen (secondary N) is 1. The number of amides is 1. The van der Waals surface area contributed by atoms with Crippen molar-refractivity contribution in [3.63, 3.8) is 0 Å². The van der Waals surface area contributed by atoms with E-state index >= 15 is 0 Å². The lowest BCUT2D eigenvalue weighted by molar-refractivity contribution is -0.139. The summed E-state index contributed by atoms with van der Waals surface area (Å²) >= 11 is 0. The lowest BCUT2D eigenvalue weighted by atomic mass is 9.93. The maximum Gasteiger partial charge on any atom is 0.305 e. The number of carbonyl (C=O) groups is 2. The second-order valence-corrected chi connectivity index (χ2v) is 5.38. The predicted molar refractivity (Wildman–Crippen MR) is 65.1 cm³/mol. The molecule has 0 aromatic rings. The molecular formula is C13H21NO4. The zero-order valence-corrected chi connectivity index (χ0v) is 10.8. The average Bonchev–Trinajstić information content (AvgIpc) is 2.91. The van der Waals surface area contributed by atoms with Crippen LogP contribution in [0.3, 0.4) is 0 Å². The number of aliphatic carboxylic acids is 1. The van der Waals surface area contributed by atoms with Gasteiger partial charge in [-0.2, -0.15) is 0 Å². The third kappa shape index (κ3) is 3.02. The van der Waals surface area contributed by atoms with Crippen LogP contribution in [0.25, 0.3) is 0 Å². The highest BCUT2D eigenvalue weighted by molar-refractivity contribution is 5.83. The van der Waals surface area contributed by atoms with Gasteiger partial charge in [0.1, 0.15) is 0 Å². The van der Waals surface area contributed by atoms with E-state index in [-0.39, 0.29) is 24.3 Å². The van der Waals surface area contributed by atoms with Crippen molar-refractivity contribution < 1.29 is 19.4 Å². The first kappa shape index (κ1) is 13.3. The van der Waals surface area contributed by atoms with Crippen LogP contribution in [0.4, 0.5) is 0 Å². The van der Waals surface area contributed by atoms with E-state index in [1.54, 1.807) is 0 Å². The van der Waals surface area contributed by atoms with Crippen molar-refractivity contribution in [2.75, 3.05) is 6.61 Å². The van der Waals surface area contributed by atoms with Crippen LogP contribution in [0.15, 0.2) is 0 Å². The molecule has 2 unspecified atom stereocenters. The fourth-order valence-electron chi connectivity index (χ4n) is 2.89. The van der Waals surface area contributed by atoms with E-state index in [1.807, 2.05) is 6.92 Å². The molecule has 0 radical (unpaired) electrons. The predicted octanol–water partition coefficient (Wildman–Crippen LogP) is 1.32. The molecule has 5 heteroatoms. The largest absolute Gasteiger partial charge is 0.481 e. The topological polar surface area (TPSA) is 75.6 Å². The summed E-state index contributed by atoms with van der Waals surface area (Å²) in [6, 6.07) is 0. The molecule has 0 aliphatic heterocycles. The highest BCUT2D eigenvalue weighted by Crippen LogP contribution is 2.37. The minimum Gasteiger partial charge on any atom is -0.481 e. The van der Waals surface area contributed by atoms with Gasteiger partial charge in [-0.3, -0.25) is 9.59 Å². The molecule has 2 aliphatic rings. The number of hydrogen-bond acceptors (Lipinski definition) is 3. The molecule has 2 rings (SSSR count). The molecule has 2 N–H and O–H groups in total. The summed E-state index contributed by atoms with van der Waals surface area (Å²) in [5.74, 6) is -0.942. The van der Waals surface area contributed by atoms with Crippen LogP contribution in [-0.4, -0.2) is 35.2 Å². The van der Waals surface area contributed by atoms with E-state index in [0.717, 1.165) is 32.1 Å². The highest BCUT2D eigenvalue weighted by atomic mass is 16.5. The third-order valence-electron chi connectivity index (χ3n) is 3.89. The maximum absolute atomic E-state index is 12.0. The summed E-state index contributed by atoms with van der Waals surface area (Å²) in [6.45, 7) is 2.53. The number of rotatable bonds is 6. The monoisotopic (exact) mass is 255 g/mol. The molecule has 0 bridgehead atoms. The molecule has 0 aromatic heterocycles. The van der Waals surface area contributed by atoms with Crippen LogP contribution in [0, 0.1) is 5.92 Å². The molecule has 0 heterocycles. The molecule has 0 saturated heterocycles. The van der Waals surface area contributed by atoms with Crippen molar-refractivity contribution in [2.45, 2.75) is 57.1 Å². The van der Waals surface area contributed by atoms with Gasteiger partial charge in [0.15, 0.2) is 0 Å². The van der Waals surface area contributed by atoms with Crippen molar-refractivity contribution in [3.8, 4) is 0 Å². The van der Waals surface area contributed by atoms with Gasteiger partial charge in [0.25, 0.3) is 0 Å². The van der Waals surface area contributed by atoms with Crippen LogP contribution in [-0.2, 0) is 14.3 Å². The Morgan fingerprint density at radius 3 is 2.61 bits per heavy atom. The Bertz CT molecular complexity index is 336. The number of ether oxygens (including phenoxy) is 1. The molecule has 1 amide bonds. The van der Waals surface area contributed by atoms with Crippen molar-refractivity contribution in [1.82, 2.24) is 5.32 Å². The molecule has 2 saturated carbocycles. The first-order valence-corrected chi connectivity index (χ1v) is 6.72. The highest BCUT2D eigenvalue weighted by Gasteiger charge is 2.47. The fourth-order valence-corrected chi connectivity index (χ4v) is 2.89. The summed E-state index contributed by atoms with van der Waals surface area (Å²) < 4.78 is 5.39. The lowest BCUT2D eigenvalue weighted by Gasteiger charge is -2.28. The standard InChI is InChI=1S/C13H21NO4/c1-2-18-10-7-9(10)12(17)14-13(8-11(15)16)5-3-4-6-13/h9-10H,2-8H2,1H3,(H,14,17)(H,15,16). The molecule has 0 aromatic carbocycles. The summed E-state index contributed by atoms with van der Waals surface area (Å²) in [7, 11) is 0. The number of hydrogen-bond donors (Lipinski definition) is 2.